The SMILES string of the molecule is Cc1ccc(OCCS(=O)(=O)N2CCC3(CC2)NCCNC3=O)cc1. The van der Waals surface area contributed by atoms with Crippen LogP contribution in [0, 0.1) is 6.92 Å². The highest BCUT2D eigenvalue weighted by Gasteiger charge is 2.44. The molecule has 0 saturated carbocycles. The molecule has 2 heterocycles. The molecule has 0 aliphatic carbocycles. The number of rotatable bonds is 5. The Morgan fingerprint density at radius 1 is 1.16 bits per heavy atom. The van der Waals surface area contributed by atoms with E-state index in [2.05, 4.69) is 10.6 Å². The molecule has 0 aromatic heterocycles. The highest BCUT2D eigenvalue weighted by Crippen LogP contribution is 2.25. The van der Waals surface area contributed by atoms with Gasteiger partial charge in [-0.25, -0.2) is 12.7 Å². The van der Waals surface area contributed by atoms with E-state index in [1.54, 1.807) is 0 Å². The molecule has 2 aliphatic rings. The van der Waals surface area contributed by atoms with Crippen LogP contribution in [-0.2, 0) is 14.8 Å². The molecule has 0 atom stereocenters. The summed E-state index contributed by atoms with van der Waals surface area (Å²) in [5.41, 5.74) is 0.519. The van der Waals surface area contributed by atoms with Gasteiger partial charge in [0, 0.05) is 26.2 Å². The van der Waals surface area contributed by atoms with Crippen LogP contribution < -0.4 is 15.4 Å². The summed E-state index contributed by atoms with van der Waals surface area (Å²) in [6.45, 7) is 4.16. The highest BCUT2D eigenvalue weighted by atomic mass is 32.2. The van der Waals surface area contributed by atoms with Gasteiger partial charge in [-0.2, -0.15) is 0 Å². The third-order valence-corrected chi connectivity index (χ3v) is 6.74. The predicted molar refractivity (Wildman–Crippen MR) is 95.0 cm³/mol. The molecule has 2 aliphatic heterocycles. The van der Waals surface area contributed by atoms with Crippen LogP contribution in [0.3, 0.4) is 0 Å². The lowest BCUT2D eigenvalue weighted by atomic mass is 9.86. The maximum absolute atomic E-state index is 12.5. The van der Waals surface area contributed by atoms with Gasteiger partial charge in [0.15, 0.2) is 0 Å². The Labute approximate surface area is 148 Å². The van der Waals surface area contributed by atoms with Crippen molar-refractivity contribution < 1.29 is 17.9 Å². The van der Waals surface area contributed by atoms with Crippen LogP contribution in [0.15, 0.2) is 24.3 Å². The zero-order chi connectivity index (χ0) is 17.9. The first-order chi connectivity index (χ1) is 11.9. The Morgan fingerprint density at radius 2 is 1.84 bits per heavy atom. The summed E-state index contributed by atoms with van der Waals surface area (Å²) in [6, 6.07) is 7.52. The van der Waals surface area contributed by atoms with Gasteiger partial charge in [0.2, 0.25) is 15.9 Å². The Hall–Kier alpha value is -1.64. The topological polar surface area (TPSA) is 87.7 Å². The largest absolute Gasteiger partial charge is 0.492 e. The van der Waals surface area contributed by atoms with Crippen molar-refractivity contribution in [2.75, 3.05) is 38.5 Å². The van der Waals surface area contributed by atoms with Crippen molar-refractivity contribution in [3.05, 3.63) is 29.8 Å². The number of carbonyl (C=O) groups excluding carboxylic acids is 1. The number of hydrogen-bond donors (Lipinski definition) is 2. The number of nitrogens with zero attached hydrogens (tertiary/aromatic N) is 1. The molecule has 1 aromatic rings. The van der Waals surface area contributed by atoms with Crippen LogP contribution in [-0.4, -0.2) is 62.7 Å². The summed E-state index contributed by atoms with van der Waals surface area (Å²) in [6.07, 6.45) is 0.994. The van der Waals surface area contributed by atoms with Gasteiger partial charge in [0.1, 0.15) is 17.9 Å². The standard InChI is InChI=1S/C17H25N3O4S/c1-14-2-4-15(5-3-14)24-12-13-25(22,23)20-10-6-17(7-11-20)16(21)18-8-9-19-17/h2-5,19H,6-13H2,1H3,(H,18,21). The van der Waals surface area contributed by atoms with E-state index in [0.29, 0.717) is 38.2 Å². The molecular weight excluding hydrogens is 342 g/mol. The molecule has 2 fully saturated rings. The number of hydrogen-bond acceptors (Lipinski definition) is 5. The van der Waals surface area contributed by atoms with Crippen molar-refractivity contribution in [1.82, 2.24) is 14.9 Å². The second-order valence-electron chi connectivity index (χ2n) is 6.64. The minimum Gasteiger partial charge on any atom is -0.492 e. The predicted octanol–water partition coefficient (Wildman–Crippen LogP) is 0.258. The van der Waals surface area contributed by atoms with E-state index in [4.69, 9.17) is 4.74 Å². The number of amides is 1. The lowest BCUT2D eigenvalue weighted by Crippen LogP contribution is -2.67. The first kappa shape index (κ1) is 18.2. The second-order valence-corrected chi connectivity index (χ2v) is 8.73. The van der Waals surface area contributed by atoms with Crippen molar-refractivity contribution in [2.45, 2.75) is 25.3 Å². The molecular formula is C17H25N3O4S. The quantitative estimate of drug-likeness (QED) is 0.779. The fourth-order valence-electron chi connectivity index (χ4n) is 3.31. The van der Waals surface area contributed by atoms with E-state index < -0.39 is 15.6 Å². The van der Waals surface area contributed by atoms with E-state index in [0.717, 1.165) is 12.1 Å². The molecule has 2 saturated heterocycles. The minimum absolute atomic E-state index is 0.0153. The average molecular weight is 367 g/mol. The third kappa shape index (κ3) is 4.13. The number of nitrogens with one attached hydrogen (secondary N) is 2. The molecule has 1 spiro atoms. The van der Waals surface area contributed by atoms with Crippen LogP contribution in [0.4, 0.5) is 0 Å². The summed E-state index contributed by atoms with van der Waals surface area (Å²) in [5.74, 6) is 0.591. The number of piperidine rings is 1. The zero-order valence-electron chi connectivity index (χ0n) is 14.5. The van der Waals surface area contributed by atoms with Gasteiger partial charge in [0.05, 0.1) is 5.75 Å². The van der Waals surface area contributed by atoms with E-state index in [1.165, 1.54) is 4.31 Å². The van der Waals surface area contributed by atoms with Crippen LogP contribution in [0.25, 0.3) is 0 Å². The van der Waals surface area contributed by atoms with Crippen LogP contribution in [0.1, 0.15) is 18.4 Å². The summed E-state index contributed by atoms with van der Waals surface area (Å²) in [4.78, 5) is 12.1. The summed E-state index contributed by atoms with van der Waals surface area (Å²) >= 11 is 0. The molecule has 0 bridgehead atoms. The summed E-state index contributed by atoms with van der Waals surface area (Å²) in [7, 11) is -3.39. The molecule has 8 heteroatoms. The monoisotopic (exact) mass is 367 g/mol. The Balaban J connectivity index is 1.51. The molecule has 3 rings (SSSR count). The van der Waals surface area contributed by atoms with Crippen molar-refractivity contribution in [3.8, 4) is 5.75 Å². The molecule has 7 nitrogen and oxygen atoms in total. The number of ether oxygens (including phenoxy) is 1. The van der Waals surface area contributed by atoms with E-state index >= 15 is 0 Å². The number of carbonyl (C=O) groups is 1. The zero-order valence-corrected chi connectivity index (χ0v) is 15.3. The summed E-state index contributed by atoms with van der Waals surface area (Å²) in [5, 5.41) is 6.13. The van der Waals surface area contributed by atoms with Crippen LogP contribution in [0.2, 0.25) is 0 Å². The Kier molecular flexibility index (Phi) is 5.31. The number of piperazine rings is 1. The van der Waals surface area contributed by atoms with Crippen molar-refractivity contribution in [1.29, 1.82) is 0 Å². The molecule has 138 valence electrons. The van der Waals surface area contributed by atoms with Gasteiger partial charge >= 0.3 is 0 Å². The highest BCUT2D eigenvalue weighted by molar-refractivity contribution is 7.89. The van der Waals surface area contributed by atoms with E-state index in [-0.39, 0.29) is 18.3 Å². The minimum atomic E-state index is -3.39. The van der Waals surface area contributed by atoms with Gasteiger partial charge in [-0.3, -0.25) is 4.79 Å². The molecule has 2 N–H and O–H groups in total. The van der Waals surface area contributed by atoms with Crippen molar-refractivity contribution in [3.63, 3.8) is 0 Å². The van der Waals surface area contributed by atoms with Gasteiger partial charge in [0.25, 0.3) is 0 Å². The molecule has 0 radical (unpaired) electrons. The maximum Gasteiger partial charge on any atom is 0.240 e. The van der Waals surface area contributed by atoms with Gasteiger partial charge in [-0.1, -0.05) is 17.7 Å². The van der Waals surface area contributed by atoms with Crippen molar-refractivity contribution in [2.24, 2.45) is 0 Å². The summed E-state index contributed by atoms with van der Waals surface area (Å²) < 4.78 is 32.0. The third-order valence-electron chi connectivity index (χ3n) is 4.91. The van der Waals surface area contributed by atoms with Gasteiger partial charge in [-0.05, 0) is 31.9 Å². The molecule has 0 unspecified atom stereocenters. The molecule has 25 heavy (non-hydrogen) atoms. The van der Waals surface area contributed by atoms with E-state index in [1.807, 2.05) is 31.2 Å². The van der Waals surface area contributed by atoms with E-state index in [9.17, 15) is 13.2 Å². The van der Waals surface area contributed by atoms with Crippen molar-refractivity contribution >= 4 is 15.9 Å². The smallest absolute Gasteiger partial charge is 0.240 e. The van der Waals surface area contributed by atoms with Crippen LogP contribution >= 0.6 is 0 Å². The first-order valence-corrected chi connectivity index (χ1v) is 10.2. The normalized spacial score (nSPS) is 21.1. The fourth-order valence-corrected chi connectivity index (χ4v) is 4.60. The lowest BCUT2D eigenvalue weighted by molar-refractivity contribution is -0.131. The maximum atomic E-state index is 12.5. The number of sulfonamides is 1. The van der Waals surface area contributed by atoms with Gasteiger partial charge < -0.3 is 15.4 Å². The number of benzene rings is 1. The molecule has 1 amide bonds. The van der Waals surface area contributed by atoms with Crippen LogP contribution in [0.5, 0.6) is 5.75 Å². The first-order valence-electron chi connectivity index (χ1n) is 8.62. The fraction of sp³-hybridized carbons (Fsp3) is 0.588. The average Bonchev–Trinajstić information content (AvgIpc) is 2.60. The van der Waals surface area contributed by atoms with Gasteiger partial charge in [-0.15, -0.1) is 0 Å². The Morgan fingerprint density at radius 3 is 2.48 bits per heavy atom. The number of aryl methyl sites for hydroxylation is 1. The molecule has 1 aromatic carbocycles. The Bertz CT molecular complexity index is 710. The second kappa shape index (κ2) is 7.31. The lowest BCUT2D eigenvalue weighted by Gasteiger charge is -2.42.